The smallest absolute Gasteiger partial charge is 0.222 e. The molecule has 0 aliphatic carbocycles. The monoisotopic (exact) mass is 402 g/mol. The van der Waals surface area contributed by atoms with Gasteiger partial charge in [-0.25, -0.2) is 0 Å². The minimum Gasteiger partial charge on any atom is -0.340 e. The Kier molecular flexibility index (Phi) is 13.9. The van der Waals surface area contributed by atoms with Crippen molar-refractivity contribution < 1.29 is 9.59 Å². The van der Waals surface area contributed by atoms with Gasteiger partial charge in [0, 0.05) is 38.5 Å². The number of carbonyl (C=O) groups excluding carboxylic acids is 2. The summed E-state index contributed by atoms with van der Waals surface area (Å²) in [5, 5.41) is 0. The summed E-state index contributed by atoms with van der Waals surface area (Å²) >= 11 is 0. The fourth-order valence-electron chi connectivity index (χ4n) is 3.16. The first-order chi connectivity index (χ1) is 14.1. The largest absolute Gasteiger partial charge is 0.340 e. The molecule has 0 spiro atoms. The summed E-state index contributed by atoms with van der Waals surface area (Å²) in [7, 11) is 0. The molecule has 1 heterocycles. The lowest BCUT2D eigenvalue weighted by atomic mass is 10.1. The molecule has 0 atom stereocenters. The van der Waals surface area contributed by atoms with Crippen LogP contribution in [0.3, 0.4) is 0 Å². The minimum absolute atomic E-state index is 0.272. The maximum Gasteiger partial charge on any atom is 0.222 e. The lowest BCUT2D eigenvalue weighted by molar-refractivity contribution is -0.133. The van der Waals surface area contributed by atoms with Crippen LogP contribution in [0.5, 0.6) is 0 Å². The van der Waals surface area contributed by atoms with Crippen molar-refractivity contribution in [1.29, 1.82) is 0 Å². The molecule has 1 aliphatic rings. The Morgan fingerprint density at radius 2 is 1.48 bits per heavy atom. The molecule has 2 amide bonds. The molecule has 0 aromatic rings. The Labute approximate surface area is 178 Å². The minimum atomic E-state index is 0.272. The van der Waals surface area contributed by atoms with Gasteiger partial charge in [-0.1, -0.05) is 56.2 Å². The van der Waals surface area contributed by atoms with E-state index in [4.69, 9.17) is 0 Å². The molecule has 164 valence electrons. The van der Waals surface area contributed by atoms with Gasteiger partial charge >= 0.3 is 0 Å². The highest BCUT2D eigenvalue weighted by molar-refractivity contribution is 5.78. The average Bonchev–Trinajstić information content (AvgIpc) is 3.53. The second-order valence-corrected chi connectivity index (χ2v) is 8.09. The Morgan fingerprint density at radius 1 is 0.862 bits per heavy atom. The van der Waals surface area contributed by atoms with Crippen molar-refractivity contribution in [2.45, 2.75) is 91.0 Å². The molecule has 1 saturated heterocycles. The summed E-state index contributed by atoms with van der Waals surface area (Å²) in [6.45, 7) is 9.09. The molecule has 0 radical (unpaired) electrons. The number of unbranched alkanes of at least 4 members (excludes halogenated alkanes) is 3. The maximum absolute atomic E-state index is 12.3. The van der Waals surface area contributed by atoms with E-state index < -0.39 is 0 Å². The van der Waals surface area contributed by atoms with Crippen molar-refractivity contribution in [1.82, 2.24) is 9.80 Å². The fraction of sp³-hybridized carbons (Fsp3) is 0.680. The molecule has 0 bridgehead atoms. The van der Waals surface area contributed by atoms with Gasteiger partial charge in [-0.3, -0.25) is 9.59 Å². The standard InChI is InChI=1S/C25H42N2O2/c1-4-5-15-19-25(29)27(23(2)3)20-17-14-12-10-8-6-7-9-11-13-16-18-24(28)26-21-22-26/h6,8-9,11-12,14,23H,4-5,7,10,13,15-22H2,1-3H3/b8-6-,11-9-,14-12-. The highest BCUT2D eigenvalue weighted by Gasteiger charge is 2.22. The van der Waals surface area contributed by atoms with E-state index in [1.54, 1.807) is 0 Å². The SMILES string of the molecule is CCCCCC(=O)N(CC/C=C\C/C=C\C/C=C\CCCC(=O)N1CC1)C(C)C. The van der Waals surface area contributed by atoms with Gasteiger partial charge < -0.3 is 9.80 Å². The van der Waals surface area contributed by atoms with Crippen molar-refractivity contribution in [3.63, 3.8) is 0 Å². The van der Waals surface area contributed by atoms with Crippen molar-refractivity contribution in [2.75, 3.05) is 19.6 Å². The van der Waals surface area contributed by atoms with Gasteiger partial charge in [0.2, 0.25) is 11.8 Å². The number of rotatable bonds is 16. The zero-order valence-electron chi connectivity index (χ0n) is 18.9. The van der Waals surface area contributed by atoms with Crippen LogP contribution in [0.25, 0.3) is 0 Å². The Hall–Kier alpha value is -1.84. The number of carbonyl (C=O) groups is 2. The van der Waals surface area contributed by atoms with E-state index in [0.717, 1.165) is 71.0 Å². The van der Waals surface area contributed by atoms with Crippen LogP contribution in [-0.2, 0) is 9.59 Å². The highest BCUT2D eigenvalue weighted by atomic mass is 16.2. The van der Waals surface area contributed by atoms with Gasteiger partial charge in [-0.15, -0.1) is 0 Å². The van der Waals surface area contributed by atoms with Crippen LogP contribution < -0.4 is 0 Å². The van der Waals surface area contributed by atoms with Gasteiger partial charge in [0.25, 0.3) is 0 Å². The predicted octanol–water partition coefficient (Wildman–Crippen LogP) is 5.66. The molecule has 29 heavy (non-hydrogen) atoms. The molecule has 4 heteroatoms. The van der Waals surface area contributed by atoms with Gasteiger partial charge in [0.1, 0.15) is 0 Å². The molecule has 1 aliphatic heterocycles. The van der Waals surface area contributed by atoms with Gasteiger partial charge in [0.05, 0.1) is 0 Å². The van der Waals surface area contributed by atoms with Crippen LogP contribution in [0.4, 0.5) is 0 Å². The topological polar surface area (TPSA) is 40.4 Å². The van der Waals surface area contributed by atoms with Crippen LogP contribution in [0, 0.1) is 0 Å². The summed E-state index contributed by atoms with van der Waals surface area (Å²) in [4.78, 5) is 27.7. The number of amides is 2. The third kappa shape index (κ3) is 13.1. The predicted molar refractivity (Wildman–Crippen MR) is 123 cm³/mol. The lowest BCUT2D eigenvalue weighted by Gasteiger charge is -2.26. The molecule has 0 unspecified atom stereocenters. The molecule has 1 rings (SSSR count). The molecular formula is C25H42N2O2. The first kappa shape index (κ1) is 25.2. The van der Waals surface area contributed by atoms with Crippen molar-refractivity contribution in [2.24, 2.45) is 0 Å². The van der Waals surface area contributed by atoms with E-state index in [2.05, 4.69) is 57.2 Å². The number of allylic oxidation sites excluding steroid dienone is 5. The molecule has 0 aromatic heterocycles. The molecule has 0 aromatic carbocycles. The number of hydrogen-bond donors (Lipinski definition) is 0. The summed E-state index contributed by atoms with van der Waals surface area (Å²) in [6.07, 6.45) is 22.5. The summed E-state index contributed by atoms with van der Waals surface area (Å²) in [5.41, 5.74) is 0. The third-order valence-electron chi connectivity index (χ3n) is 5.08. The number of nitrogens with zero attached hydrogens (tertiary/aromatic N) is 2. The van der Waals surface area contributed by atoms with Crippen LogP contribution >= 0.6 is 0 Å². The highest BCUT2D eigenvalue weighted by Crippen LogP contribution is 2.10. The summed E-state index contributed by atoms with van der Waals surface area (Å²) in [5.74, 6) is 0.602. The van der Waals surface area contributed by atoms with E-state index >= 15 is 0 Å². The molecular weight excluding hydrogens is 360 g/mol. The Balaban J connectivity index is 2.06. The normalized spacial score (nSPS) is 14.0. The van der Waals surface area contributed by atoms with Crippen LogP contribution in [0.2, 0.25) is 0 Å². The number of hydrogen-bond acceptors (Lipinski definition) is 2. The quantitative estimate of drug-likeness (QED) is 0.190. The van der Waals surface area contributed by atoms with Crippen molar-refractivity contribution >= 4 is 11.8 Å². The third-order valence-corrected chi connectivity index (χ3v) is 5.08. The van der Waals surface area contributed by atoms with Gasteiger partial charge in [-0.05, 0) is 52.4 Å². The summed E-state index contributed by atoms with van der Waals surface area (Å²) in [6, 6.07) is 0.272. The average molecular weight is 403 g/mol. The first-order valence-electron chi connectivity index (χ1n) is 11.6. The lowest BCUT2D eigenvalue weighted by Crippen LogP contribution is -2.37. The van der Waals surface area contributed by atoms with E-state index in [9.17, 15) is 9.59 Å². The fourth-order valence-corrected chi connectivity index (χ4v) is 3.16. The molecule has 0 saturated carbocycles. The molecule has 4 nitrogen and oxygen atoms in total. The van der Waals surface area contributed by atoms with E-state index in [-0.39, 0.29) is 6.04 Å². The Bertz CT molecular complexity index is 545. The molecule has 1 fully saturated rings. The second-order valence-electron chi connectivity index (χ2n) is 8.09. The molecule has 0 N–H and O–H groups in total. The zero-order valence-corrected chi connectivity index (χ0v) is 18.9. The van der Waals surface area contributed by atoms with Crippen LogP contribution in [-0.4, -0.2) is 47.3 Å². The van der Waals surface area contributed by atoms with Gasteiger partial charge in [-0.2, -0.15) is 0 Å². The first-order valence-corrected chi connectivity index (χ1v) is 11.6. The van der Waals surface area contributed by atoms with Crippen LogP contribution in [0.1, 0.15) is 85.0 Å². The van der Waals surface area contributed by atoms with Gasteiger partial charge in [0.15, 0.2) is 0 Å². The second kappa shape index (κ2) is 16.0. The van der Waals surface area contributed by atoms with Crippen LogP contribution in [0.15, 0.2) is 36.5 Å². The van der Waals surface area contributed by atoms with E-state index in [1.807, 2.05) is 9.80 Å². The van der Waals surface area contributed by atoms with E-state index in [1.165, 1.54) is 0 Å². The summed E-state index contributed by atoms with van der Waals surface area (Å²) < 4.78 is 0. The van der Waals surface area contributed by atoms with Crippen molar-refractivity contribution in [3.05, 3.63) is 36.5 Å². The van der Waals surface area contributed by atoms with E-state index in [0.29, 0.717) is 24.7 Å². The van der Waals surface area contributed by atoms with Crippen molar-refractivity contribution in [3.8, 4) is 0 Å². The maximum atomic E-state index is 12.3. The Morgan fingerprint density at radius 3 is 2.07 bits per heavy atom. The zero-order chi connectivity index (χ0) is 21.3.